The van der Waals surface area contributed by atoms with Crippen LogP contribution in [0.5, 0.6) is 0 Å². The van der Waals surface area contributed by atoms with Crippen LogP contribution < -0.4 is 5.32 Å². The van der Waals surface area contributed by atoms with Gasteiger partial charge in [-0.15, -0.1) is 0 Å². The van der Waals surface area contributed by atoms with Crippen molar-refractivity contribution in [3.05, 3.63) is 60.2 Å². The van der Waals surface area contributed by atoms with Gasteiger partial charge in [0.25, 0.3) is 0 Å². The molecule has 2 amide bonds. The maximum Gasteiger partial charge on any atom is 0.328 e. The van der Waals surface area contributed by atoms with Crippen LogP contribution in [0.1, 0.15) is 90.0 Å². The minimum atomic E-state index is -0.900. The van der Waals surface area contributed by atoms with E-state index in [1.165, 1.54) is 0 Å². The van der Waals surface area contributed by atoms with Crippen molar-refractivity contribution in [2.75, 3.05) is 19.8 Å². The first-order valence-electron chi connectivity index (χ1n) is 16.4. The fourth-order valence-corrected chi connectivity index (χ4v) is 6.29. The number of unbranched alkanes of at least 4 members (excludes halogenated alkanes) is 2. The van der Waals surface area contributed by atoms with Crippen molar-refractivity contribution < 1.29 is 28.7 Å². The Bertz CT molecular complexity index is 1240. The van der Waals surface area contributed by atoms with Crippen LogP contribution >= 0.6 is 0 Å². The fourth-order valence-electron chi connectivity index (χ4n) is 6.29. The van der Waals surface area contributed by atoms with Crippen molar-refractivity contribution in [1.29, 1.82) is 0 Å². The van der Waals surface area contributed by atoms with Gasteiger partial charge in [0.15, 0.2) is 0 Å². The number of likely N-dealkylation sites (tertiary alicyclic amines) is 1. The standard InChI is InChI=1S/C36H48N2O6/c1-3-5-23-43-32(39)26-36(20-10-11-21-36)35(42)37-30(25-27-16-18-29(19-17-27)28-13-8-7-9-14-28)33(40)38-22-12-15-31(38)34(41)44-24-6-4-2/h7-9,13-14,16-19,30-31H,3-6,10-12,15,20-26H2,1-2H3,(H,37,42)/t30-,31-/m0/s1. The van der Waals surface area contributed by atoms with E-state index in [0.29, 0.717) is 45.4 Å². The molecule has 8 heteroatoms. The van der Waals surface area contributed by atoms with Crippen LogP contribution in [0, 0.1) is 5.41 Å². The number of rotatable bonds is 15. The van der Waals surface area contributed by atoms with Crippen molar-refractivity contribution in [1.82, 2.24) is 10.2 Å². The monoisotopic (exact) mass is 604 g/mol. The van der Waals surface area contributed by atoms with Crippen LogP contribution in [0.25, 0.3) is 11.1 Å². The lowest BCUT2D eigenvalue weighted by Gasteiger charge is -2.32. The van der Waals surface area contributed by atoms with E-state index < -0.39 is 17.5 Å². The van der Waals surface area contributed by atoms with E-state index in [0.717, 1.165) is 55.2 Å². The highest BCUT2D eigenvalue weighted by molar-refractivity contribution is 5.94. The highest BCUT2D eigenvalue weighted by atomic mass is 16.5. The molecule has 2 atom stereocenters. The summed E-state index contributed by atoms with van der Waals surface area (Å²) in [5.41, 5.74) is 2.14. The number of esters is 2. The fraction of sp³-hybridized carbons (Fsp3) is 0.556. The smallest absolute Gasteiger partial charge is 0.328 e. The third-order valence-electron chi connectivity index (χ3n) is 8.94. The van der Waals surface area contributed by atoms with E-state index in [9.17, 15) is 19.2 Å². The van der Waals surface area contributed by atoms with Crippen LogP contribution in [0.2, 0.25) is 0 Å². The van der Waals surface area contributed by atoms with Gasteiger partial charge in [-0.2, -0.15) is 0 Å². The van der Waals surface area contributed by atoms with Crippen molar-refractivity contribution in [3.8, 4) is 11.1 Å². The first kappa shape index (κ1) is 33.2. The Balaban J connectivity index is 1.54. The quantitative estimate of drug-likeness (QED) is 0.197. The molecule has 1 N–H and O–H groups in total. The summed E-state index contributed by atoms with van der Waals surface area (Å²) in [4.78, 5) is 55.4. The molecule has 0 spiro atoms. The van der Waals surface area contributed by atoms with Gasteiger partial charge >= 0.3 is 11.9 Å². The number of carbonyl (C=O) groups is 4. The van der Waals surface area contributed by atoms with Crippen molar-refractivity contribution >= 4 is 23.8 Å². The lowest BCUT2D eigenvalue weighted by Crippen LogP contribution is -2.55. The molecule has 1 saturated heterocycles. The number of benzene rings is 2. The maximum atomic E-state index is 14.1. The van der Waals surface area contributed by atoms with Gasteiger partial charge in [0.05, 0.1) is 25.0 Å². The van der Waals surface area contributed by atoms with Crippen LogP contribution in [-0.2, 0) is 35.1 Å². The zero-order valence-corrected chi connectivity index (χ0v) is 26.4. The van der Waals surface area contributed by atoms with Gasteiger partial charge in [0.1, 0.15) is 12.1 Å². The predicted octanol–water partition coefficient (Wildman–Crippen LogP) is 6.01. The average molecular weight is 605 g/mol. The molecule has 44 heavy (non-hydrogen) atoms. The van der Waals surface area contributed by atoms with E-state index in [1.807, 2.05) is 68.4 Å². The average Bonchev–Trinajstić information content (AvgIpc) is 3.72. The Hall–Kier alpha value is -3.68. The third-order valence-corrected chi connectivity index (χ3v) is 8.94. The van der Waals surface area contributed by atoms with Gasteiger partial charge in [-0.25, -0.2) is 4.79 Å². The Morgan fingerprint density at radius 2 is 1.50 bits per heavy atom. The van der Waals surface area contributed by atoms with E-state index >= 15 is 0 Å². The lowest BCUT2D eigenvalue weighted by molar-refractivity contribution is -0.155. The molecule has 2 aliphatic rings. The molecule has 0 radical (unpaired) electrons. The summed E-state index contributed by atoms with van der Waals surface area (Å²) < 4.78 is 10.9. The first-order valence-corrected chi connectivity index (χ1v) is 16.4. The summed E-state index contributed by atoms with van der Waals surface area (Å²) in [7, 11) is 0. The van der Waals surface area contributed by atoms with Gasteiger partial charge in [-0.3, -0.25) is 14.4 Å². The van der Waals surface area contributed by atoms with E-state index in [2.05, 4.69) is 5.32 Å². The highest BCUT2D eigenvalue weighted by Gasteiger charge is 2.46. The Kier molecular flexibility index (Phi) is 12.4. The van der Waals surface area contributed by atoms with Gasteiger partial charge in [-0.05, 0) is 55.2 Å². The molecule has 0 bridgehead atoms. The molecule has 4 rings (SSSR count). The second-order valence-electron chi connectivity index (χ2n) is 12.2. The van der Waals surface area contributed by atoms with E-state index in [1.54, 1.807) is 4.90 Å². The summed E-state index contributed by atoms with van der Waals surface area (Å²) in [6, 6.07) is 16.5. The Morgan fingerprint density at radius 3 is 2.16 bits per heavy atom. The summed E-state index contributed by atoms with van der Waals surface area (Å²) >= 11 is 0. The maximum absolute atomic E-state index is 14.1. The minimum Gasteiger partial charge on any atom is -0.466 e. The molecule has 2 fully saturated rings. The normalized spacial score (nSPS) is 18.0. The van der Waals surface area contributed by atoms with Crippen LogP contribution in [0.15, 0.2) is 54.6 Å². The number of nitrogens with zero attached hydrogens (tertiary/aromatic N) is 1. The summed E-state index contributed by atoms with van der Waals surface area (Å²) in [6.07, 6.45) is 7.71. The Labute approximate surface area is 261 Å². The van der Waals surface area contributed by atoms with Gasteiger partial charge in [-0.1, -0.05) is 94.1 Å². The molecule has 0 unspecified atom stereocenters. The van der Waals surface area contributed by atoms with Gasteiger partial charge < -0.3 is 19.7 Å². The second-order valence-corrected chi connectivity index (χ2v) is 12.2. The molecule has 1 aliphatic heterocycles. The topological polar surface area (TPSA) is 102 Å². The summed E-state index contributed by atoms with van der Waals surface area (Å²) in [5.74, 6) is -1.34. The van der Waals surface area contributed by atoms with Crippen LogP contribution in [-0.4, -0.2) is 60.5 Å². The third kappa shape index (κ3) is 8.70. The zero-order chi connectivity index (χ0) is 31.4. The van der Waals surface area contributed by atoms with E-state index in [-0.39, 0.29) is 36.6 Å². The van der Waals surface area contributed by atoms with Crippen molar-refractivity contribution in [2.45, 2.75) is 103 Å². The van der Waals surface area contributed by atoms with Gasteiger partial charge in [0, 0.05) is 13.0 Å². The number of carbonyl (C=O) groups excluding carboxylic acids is 4. The molecule has 2 aromatic carbocycles. The largest absolute Gasteiger partial charge is 0.466 e. The number of hydrogen-bond donors (Lipinski definition) is 1. The molecule has 8 nitrogen and oxygen atoms in total. The minimum absolute atomic E-state index is 0.00528. The molecule has 1 heterocycles. The highest BCUT2D eigenvalue weighted by Crippen LogP contribution is 2.42. The SMILES string of the molecule is CCCCOC(=O)CC1(C(=O)N[C@@H](Cc2ccc(-c3ccccc3)cc2)C(=O)N2CCC[C@H]2C(=O)OCCCC)CCCC1. The molecule has 1 aliphatic carbocycles. The second kappa shape index (κ2) is 16.4. The number of hydrogen-bond acceptors (Lipinski definition) is 6. The van der Waals surface area contributed by atoms with Gasteiger partial charge in [0.2, 0.25) is 11.8 Å². The molecule has 2 aromatic rings. The Morgan fingerprint density at radius 1 is 0.864 bits per heavy atom. The molecular weight excluding hydrogens is 556 g/mol. The number of amides is 2. The van der Waals surface area contributed by atoms with Crippen LogP contribution in [0.3, 0.4) is 0 Å². The zero-order valence-electron chi connectivity index (χ0n) is 26.4. The first-order chi connectivity index (χ1) is 21.4. The van der Waals surface area contributed by atoms with Crippen LogP contribution in [0.4, 0.5) is 0 Å². The summed E-state index contributed by atoms with van der Waals surface area (Å²) in [6.45, 7) is 5.17. The predicted molar refractivity (Wildman–Crippen MR) is 169 cm³/mol. The van der Waals surface area contributed by atoms with Crippen molar-refractivity contribution in [2.24, 2.45) is 5.41 Å². The molecular formula is C36H48N2O6. The number of ether oxygens (including phenoxy) is 2. The molecule has 0 aromatic heterocycles. The van der Waals surface area contributed by atoms with E-state index in [4.69, 9.17) is 9.47 Å². The summed E-state index contributed by atoms with van der Waals surface area (Å²) in [5, 5.41) is 3.07. The number of nitrogens with one attached hydrogen (secondary N) is 1. The molecule has 1 saturated carbocycles. The molecule has 238 valence electrons. The lowest BCUT2D eigenvalue weighted by atomic mass is 9.81. The van der Waals surface area contributed by atoms with Crippen molar-refractivity contribution in [3.63, 3.8) is 0 Å².